The molecule has 0 unspecified atom stereocenters. The van der Waals surface area contributed by atoms with E-state index in [2.05, 4.69) is 5.32 Å². The summed E-state index contributed by atoms with van der Waals surface area (Å²) in [5.74, 6) is -1.25. The lowest BCUT2D eigenvalue weighted by molar-refractivity contribution is -0.385. The number of amides is 1. The number of esters is 1. The van der Waals surface area contributed by atoms with Gasteiger partial charge in [-0.3, -0.25) is 14.9 Å². The fourth-order valence-electron chi connectivity index (χ4n) is 2.69. The third-order valence-corrected chi connectivity index (χ3v) is 3.99. The summed E-state index contributed by atoms with van der Waals surface area (Å²) >= 11 is 0. The molecule has 1 amide bonds. The maximum absolute atomic E-state index is 12.6. The van der Waals surface area contributed by atoms with E-state index in [-0.39, 0.29) is 12.1 Å². The van der Waals surface area contributed by atoms with Crippen molar-refractivity contribution in [3.63, 3.8) is 0 Å². The number of nitrogens with zero attached hydrogens (tertiary/aromatic N) is 1. The van der Waals surface area contributed by atoms with E-state index in [1.54, 1.807) is 36.4 Å². The van der Waals surface area contributed by atoms with Crippen LogP contribution in [0.25, 0.3) is 0 Å². The predicted molar refractivity (Wildman–Crippen MR) is 96.9 cm³/mol. The highest BCUT2D eigenvalue weighted by Gasteiger charge is 2.29. The van der Waals surface area contributed by atoms with Gasteiger partial charge in [0.05, 0.1) is 12.0 Å². The maximum Gasteiger partial charge on any atom is 0.328 e. The van der Waals surface area contributed by atoms with E-state index in [0.29, 0.717) is 11.1 Å². The standard InChI is InChI=1S/C19H20N2O6/c1-26-17(13-8-4-3-5-9-13)18(22)20-15(19(23)27-2)12-14-10-6-7-11-16(14)21(24)25/h3-11,15,17H,12H2,1-2H3,(H,20,22)/t15-,17+/m0/s1. The molecule has 2 atom stereocenters. The minimum atomic E-state index is -1.09. The van der Waals surface area contributed by atoms with E-state index in [1.807, 2.05) is 0 Å². The van der Waals surface area contributed by atoms with E-state index in [9.17, 15) is 19.7 Å². The molecule has 0 fully saturated rings. The molecule has 2 rings (SSSR count). The molecule has 142 valence electrons. The molecule has 0 spiro atoms. The molecule has 0 aliphatic rings. The Balaban J connectivity index is 2.23. The number of benzene rings is 2. The van der Waals surface area contributed by atoms with E-state index < -0.39 is 28.9 Å². The number of nitrogens with one attached hydrogen (secondary N) is 1. The van der Waals surface area contributed by atoms with Crippen LogP contribution in [0.5, 0.6) is 0 Å². The van der Waals surface area contributed by atoms with Crippen molar-refractivity contribution in [3.05, 3.63) is 75.8 Å². The van der Waals surface area contributed by atoms with Crippen LogP contribution in [0.4, 0.5) is 5.69 Å². The lowest BCUT2D eigenvalue weighted by Crippen LogP contribution is -2.45. The fourth-order valence-corrected chi connectivity index (χ4v) is 2.69. The summed E-state index contributed by atoms with van der Waals surface area (Å²) in [4.78, 5) is 35.4. The van der Waals surface area contributed by atoms with E-state index >= 15 is 0 Å². The van der Waals surface area contributed by atoms with Crippen LogP contribution in [0.3, 0.4) is 0 Å². The SMILES string of the molecule is COC(=O)[C@H](Cc1ccccc1[N+](=O)[O-])NC(=O)[C@H](OC)c1ccccc1. The topological polar surface area (TPSA) is 108 Å². The average Bonchev–Trinajstić information content (AvgIpc) is 2.68. The molecule has 2 aromatic rings. The summed E-state index contributed by atoms with van der Waals surface area (Å²) in [6.07, 6.45) is -1.01. The van der Waals surface area contributed by atoms with Gasteiger partial charge < -0.3 is 14.8 Å². The molecule has 27 heavy (non-hydrogen) atoms. The highest BCUT2D eigenvalue weighted by molar-refractivity contribution is 5.88. The number of para-hydroxylation sites is 1. The van der Waals surface area contributed by atoms with E-state index in [0.717, 1.165) is 0 Å². The maximum atomic E-state index is 12.6. The summed E-state index contributed by atoms with van der Waals surface area (Å²) in [5, 5.41) is 13.8. The van der Waals surface area contributed by atoms with Gasteiger partial charge in [0.25, 0.3) is 11.6 Å². The number of nitro benzene ring substituents is 1. The van der Waals surface area contributed by atoms with Crippen LogP contribution in [-0.4, -0.2) is 37.1 Å². The number of carbonyl (C=O) groups excluding carboxylic acids is 2. The number of methoxy groups -OCH3 is 2. The Morgan fingerprint density at radius 1 is 1.07 bits per heavy atom. The van der Waals surface area contributed by atoms with Crippen LogP contribution in [0.1, 0.15) is 17.2 Å². The van der Waals surface area contributed by atoms with Crippen LogP contribution >= 0.6 is 0 Å². The van der Waals surface area contributed by atoms with Crippen molar-refractivity contribution in [1.82, 2.24) is 5.32 Å². The van der Waals surface area contributed by atoms with E-state index in [1.165, 1.54) is 32.4 Å². The van der Waals surface area contributed by atoms with Crippen molar-refractivity contribution in [1.29, 1.82) is 0 Å². The van der Waals surface area contributed by atoms with Crippen LogP contribution in [0, 0.1) is 10.1 Å². The Bertz CT molecular complexity index is 809. The van der Waals surface area contributed by atoms with Crippen molar-refractivity contribution >= 4 is 17.6 Å². The minimum Gasteiger partial charge on any atom is -0.467 e. The lowest BCUT2D eigenvalue weighted by atomic mass is 10.0. The Morgan fingerprint density at radius 3 is 2.30 bits per heavy atom. The zero-order chi connectivity index (χ0) is 19.8. The molecule has 0 saturated heterocycles. The largest absolute Gasteiger partial charge is 0.467 e. The lowest BCUT2D eigenvalue weighted by Gasteiger charge is -2.21. The second-order valence-corrected chi connectivity index (χ2v) is 5.70. The van der Waals surface area contributed by atoms with Crippen LogP contribution in [0.15, 0.2) is 54.6 Å². The van der Waals surface area contributed by atoms with Crippen LogP contribution in [-0.2, 0) is 25.5 Å². The molecular formula is C19H20N2O6. The smallest absolute Gasteiger partial charge is 0.328 e. The quantitative estimate of drug-likeness (QED) is 0.432. The number of ether oxygens (including phenoxy) is 2. The first-order chi connectivity index (χ1) is 13.0. The number of hydrogen-bond donors (Lipinski definition) is 1. The summed E-state index contributed by atoms with van der Waals surface area (Å²) in [6.45, 7) is 0. The molecule has 0 heterocycles. The summed E-state index contributed by atoms with van der Waals surface area (Å²) in [7, 11) is 2.57. The third-order valence-electron chi connectivity index (χ3n) is 3.99. The van der Waals surface area contributed by atoms with Crippen LogP contribution in [0.2, 0.25) is 0 Å². The van der Waals surface area contributed by atoms with Crippen molar-refractivity contribution in [2.75, 3.05) is 14.2 Å². The van der Waals surface area contributed by atoms with Crippen molar-refractivity contribution in [3.8, 4) is 0 Å². The van der Waals surface area contributed by atoms with Gasteiger partial charge in [-0.2, -0.15) is 0 Å². The summed E-state index contributed by atoms with van der Waals surface area (Å²) < 4.78 is 9.99. The van der Waals surface area contributed by atoms with Crippen molar-refractivity contribution < 1.29 is 24.0 Å². The van der Waals surface area contributed by atoms with Crippen molar-refractivity contribution in [2.45, 2.75) is 18.6 Å². The fraction of sp³-hybridized carbons (Fsp3) is 0.263. The van der Waals surface area contributed by atoms with Gasteiger partial charge in [-0.15, -0.1) is 0 Å². The first kappa shape index (κ1) is 20.1. The highest BCUT2D eigenvalue weighted by Crippen LogP contribution is 2.21. The van der Waals surface area contributed by atoms with Crippen molar-refractivity contribution in [2.24, 2.45) is 0 Å². The van der Waals surface area contributed by atoms with Crippen LogP contribution < -0.4 is 5.32 Å². The first-order valence-electron chi connectivity index (χ1n) is 8.16. The Morgan fingerprint density at radius 2 is 1.70 bits per heavy atom. The zero-order valence-corrected chi connectivity index (χ0v) is 15.0. The predicted octanol–water partition coefficient (Wildman–Crippen LogP) is 2.18. The highest BCUT2D eigenvalue weighted by atomic mass is 16.6. The molecule has 0 aliphatic heterocycles. The molecule has 2 aromatic carbocycles. The van der Waals surface area contributed by atoms with Gasteiger partial charge >= 0.3 is 5.97 Å². The number of hydrogen-bond acceptors (Lipinski definition) is 6. The summed E-state index contributed by atoms with van der Waals surface area (Å²) in [6, 6.07) is 13.7. The van der Waals surface area contributed by atoms with Gasteiger partial charge in [0, 0.05) is 25.2 Å². The monoisotopic (exact) mass is 372 g/mol. The Kier molecular flexibility index (Phi) is 7.01. The molecule has 0 aromatic heterocycles. The van der Waals surface area contributed by atoms with Gasteiger partial charge in [-0.1, -0.05) is 48.5 Å². The molecule has 0 aliphatic carbocycles. The zero-order valence-electron chi connectivity index (χ0n) is 15.0. The number of rotatable bonds is 8. The number of carbonyl (C=O) groups is 2. The number of nitro groups is 1. The van der Waals surface area contributed by atoms with E-state index in [4.69, 9.17) is 9.47 Å². The summed E-state index contributed by atoms with van der Waals surface area (Å²) in [5.41, 5.74) is 0.797. The Hall–Kier alpha value is -3.26. The second kappa shape index (κ2) is 9.44. The first-order valence-corrected chi connectivity index (χ1v) is 8.16. The Labute approximate surface area is 156 Å². The minimum absolute atomic E-state index is 0.0825. The molecule has 8 nitrogen and oxygen atoms in total. The molecule has 8 heteroatoms. The third kappa shape index (κ3) is 5.11. The molecule has 0 bridgehead atoms. The van der Waals surface area contributed by atoms with Gasteiger partial charge in [0.2, 0.25) is 0 Å². The second-order valence-electron chi connectivity index (χ2n) is 5.70. The van der Waals surface area contributed by atoms with Gasteiger partial charge in [0.1, 0.15) is 6.04 Å². The molecule has 1 N–H and O–H groups in total. The van der Waals surface area contributed by atoms with Gasteiger partial charge in [-0.25, -0.2) is 4.79 Å². The normalized spacial score (nSPS) is 12.7. The average molecular weight is 372 g/mol. The van der Waals surface area contributed by atoms with Gasteiger partial charge in [0.15, 0.2) is 6.10 Å². The van der Waals surface area contributed by atoms with Gasteiger partial charge in [-0.05, 0) is 5.56 Å². The molecular weight excluding hydrogens is 352 g/mol. The molecule has 0 saturated carbocycles. The molecule has 0 radical (unpaired) electrons.